The molecule has 252 valence electrons. The third-order valence-corrected chi connectivity index (χ3v) is 10.8. The zero-order valence-corrected chi connectivity index (χ0v) is 29.8. The predicted molar refractivity (Wildman–Crippen MR) is 232 cm³/mol. The standard InChI is InChI=1S/C54H36/c1-4-19-40(20-5-1)52-46-25-13-10-16-37(46)28-31-49(52)43-34-44(50-32-29-38-17-11-14-26-47(38)53(50)41-21-6-2-7-22-41)36-45(35-43)51-33-30-39-18-12-15-27-48(39)54(51)42-23-8-3-9-24-42/h1-36H. The summed E-state index contributed by atoms with van der Waals surface area (Å²) in [7, 11) is 0. The minimum atomic E-state index is 1.19. The number of benzene rings is 10. The molecule has 0 aromatic heterocycles. The van der Waals surface area contributed by atoms with E-state index in [0.29, 0.717) is 0 Å². The van der Waals surface area contributed by atoms with E-state index >= 15 is 0 Å². The van der Waals surface area contributed by atoms with E-state index in [9.17, 15) is 0 Å². The Morgan fingerprint density at radius 1 is 0.185 bits per heavy atom. The number of hydrogen-bond donors (Lipinski definition) is 0. The van der Waals surface area contributed by atoms with Crippen molar-refractivity contribution in [2.24, 2.45) is 0 Å². The second-order valence-corrected chi connectivity index (χ2v) is 14.0. The van der Waals surface area contributed by atoms with E-state index in [1.54, 1.807) is 0 Å². The topological polar surface area (TPSA) is 0 Å². The van der Waals surface area contributed by atoms with E-state index in [-0.39, 0.29) is 0 Å². The van der Waals surface area contributed by atoms with Gasteiger partial charge >= 0.3 is 0 Å². The molecule has 10 aromatic carbocycles. The Hall–Kier alpha value is -7.02. The maximum atomic E-state index is 2.42. The maximum absolute atomic E-state index is 2.42. The van der Waals surface area contributed by atoms with E-state index in [1.807, 2.05) is 0 Å². The van der Waals surface area contributed by atoms with Crippen molar-refractivity contribution >= 4 is 32.3 Å². The Morgan fingerprint density at radius 3 is 0.741 bits per heavy atom. The predicted octanol–water partition coefficient (Wildman–Crippen LogP) is 15.1. The summed E-state index contributed by atoms with van der Waals surface area (Å²) in [5, 5.41) is 7.45. The van der Waals surface area contributed by atoms with Gasteiger partial charge in [0.2, 0.25) is 0 Å². The smallest absolute Gasteiger partial charge is 0.00268 e. The first kappa shape index (κ1) is 31.7. The third-order valence-electron chi connectivity index (χ3n) is 10.8. The van der Waals surface area contributed by atoms with Gasteiger partial charge in [0.05, 0.1) is 0 Å². The molecule has 0 atom stereocenters. The Bertz CT molecular complexity index is 2620. The molecule has 0 amide bonds. The fraction of sp³-hybridized carbons (Fsp3) is 0. The summed E-state index contributed by atoms with van der Waals surface area (Å²) in [5.74, 6) is 0. The summed E-state index contributed by atoms with van der Waals surface area (Å²) in [6.07, 6.45) is 0. The molecule has 0 unspecified atom stereocenters. The lowest BCUT2D eigenvalue weighted by atomic mass is 9.83. The Morgan fingerprint density at radius 2 is 0.444 bits per heavy atom. The lowest BCUT2D eigenvalue weighted by Crippen LogP contribution is -1.94. The molecule has 0 N–H and O–H groups in total. The van der Waals surface area contributed by atoms with Crippen molar-refractivity contribution in [2.75, 3.05) is 0 Å². The second kappa shape index (κ2) is 13.5. The highest BCUT2D eigenvalue weighted by atomic mass is 14.2. The molecule has 54 heavy (non-hydrogen) atoms. The first-order valence-corrected chi connectivity index (χ1v) is 18.7. The normalized spacial score (nSPS) is 11.3. The molecule has 0 aliphatic heterocycles. The maximum Gasteiger partial charge on any atom is -0.00268 e. The fourth-order valence-electron chi connectivity index (χ4n) is 8.38. The highest BCUT2D eigenvalue weighted by Gasteiger charge is 2.19. The van der Waals surface area contributed by atoms with Crippen molar-refractivity contribution in [3.63, 3.8) is 0 Å². The van der Waals surface area contributed by atoms with Gasteiger partial charge in [-0.1, -0.05) is 200 Å². The fourth-order valence-corrected chi connectivity index (χ4v) is 8.38. The summed E-state index contributed by atoms with van der Waals surface area (Å²) in [5.41, 5.74) is 14.6. The van der Waals surface area contributed by atoms with E-state index in [4.69, 9.17) is 0 Å². The van der Waals surface area contributed by atoms with E-state index in [0.717, 1.165) is 0 Å². The van der Waals surface area contributed by atoms with Gasteiger partial charge in [0, 0.05) is 0 Å². The molecule has 0 saturated carbocycles. The van der Waals surface area contributed by atoms with Gasteiger partial charge in [-0.3, -0.25) is 0 Å². The molecule has 0 spiro atoms. The van der Waals surface area contributed by atoms with E-state index in [2.05, 4.69) is 218 Å². The van der Waals surface area contributed by atoms with Crippen molar-refractivity contribution in [2.45, 2.75) is 0 Å². The van der Waals surface area contributed by atoms with Crippen LogP contribution in [0.3, 0.4) is 0 Å². The van der Waals surface area contributed by atoms with Crippen molar-refractivity contribution < 1.29 is 0 Å². The molecule has 0 heterocycles. The van der Waals surface area contributed by atoms with Gasteiger partial charge in [0.1, 0.15) is 0 Å². The minimum Gasteiger partial charge on any atom is -0.0622 e. The van der Waals surface area contributed by atoms with Gasteiger partial charge in [-0.25, -0.2) is 0 Å². The van der Waals surface area contributed by atoms with Crippen molar-refractivity contribution in [1.29, 1.82) is 0 Å². The molecule has 10 rings (SSSR count). The zero-order chi connectivity index (χ0) is 35.8. The Balaban J connectivity index is 1.33. The van der Waals surface area contributed by atoms with Gasteiger partial charge in [-0.05, 0) is 117 Å². The Kier molecular flexibility index (Phi) is 7.93. The molecule has 0 nitrogen and oxygen atoms in total. The van der Waals surface area contributed by atoms with Gasteiger partial charge in [0.25, 0.3) is 0 Å². The van der Waals surface area contributed by atoms with Crippen molar-refractivity contribution in [3.05, 3.63) is 218 Å². The summed E-state index contributed by atoms with van der Waals surface area (Å²) < 4.78 is 0. The van der Waals surface area contributed by atoms with Crippen molar-refractivity contribution in [1.82, 2.24) is 0 Å². The number of hydrogen-bond acceptors (Lipinski definition) is 0. The van der Waals surface area contributed by atoms with Crippen LogP contribution in [0.2, 0.25) is 0 Å². The van der Waals surface area contributed by atoms with Crippen LogP contribution < -0.4 is 0 Å². The minimum absolute atomic E-state index is 1.19. The van der Waals surface area contributed by atoms with Crippen molar-refractivity contribution in [3.8, 4) is 66.8 Å². The van der Waals surface area contributed by atoms with Crippen LogP contribution in [0.25, 0.3) is 99.1 Å². The molecule has 0 radical (unpaired) electrons. The SMILES string of the molecule is c1ccc(-c2c(-c3cc(-c4ccc5ccccc5c4-c4ccccc4)cc(-c4ccc5ccccc5c4-c4ccccc4)c3)ccc3ccccc23)cc1. The van der Waals surface area contributed by atoms with Crippen LogP contribution in [0.1, 0.15) is 0 Å². The molecule has 0 saturated heterocycles. The summed E-state index contributed by atoms with van der Waals surface area (Å²) in [6, 6.07) is 80.0. The number of rotatable bonds is 6. The molecular weight excluding hydrogens is 649 g/mol. The lowest BCUT2D eigenvalue weighted by molar-refractivity contribution is 1.56. The highest BCUT2D eigenvalue weighted by molar-refractivity contribution is 6.09. The first-order chi connectivity index (χ1) is 26.8. The Labute approximate surface area is 316 Å². The molecule has 0 heteroatoms. The van der Waals surface area contributed by atoms with Crippen LogP contribution in [0.4, 0.5) is 0 Å². The van der Waals surface area contributed by atoms with Crippen LogP contribution in [-0.4, -0.2) is 0 Å². The molecule has 0 aliphatic rings. The summed E-state index contributed by atoms with van der Waals surface area (Å²) >= 11 is 0. The highest BCUT2D eigenvalue weighted by Crippen LogP contribution is 2.46. The van der Waals surface area contributed by atoms with E-state index in [1.165, 1.54) is 99.1 Å². The van der Waals surface area contributed by atoms with Gasteiger partial charge in [-0.2, -0.15) is 0 Å². The number of fused-ring (bicyclic) bond motifs is 3. The van der Waals surface area contributed by atoms with Crippen LogP contribution in [0, 0.1) is 0 Å². The van der Waals surface area contributed by atoms with Gasteiger partial charge < -0.3 is 0 Å². The zero-order valence-electron chi connectivity index (χ0n) is 29.8. The molecule has 0 aliphatic carbocycles. The monoisotopic (exact) mass is 684 g/mol. The average molecular weight is 685 g/mol. The average Bonchev–Trinajstić information content (AvgIpc) is 3.26. The van der Waals surface area contributed by atoms with E-state index < -0.39 is 0 Å². The summed E-state index contributed by atoms with van der Waals surface area (Å²) in [4.78, 5) is 0. The second-order valence-electron chi connectivity index (χ2n) is 14.0. The molecule has 0 fully saturated rings. The molecular formula is C54H36. The van der Waals surface area contributed by atoms with Gasteiger partial charge in [-0.15, -0.1) is 0 Å². The lowest BCUT2D eigenvalue weighted by Gasteiger charge is -2.20. The molecule has 10 aromatic rings. The first-order valence-electron chi connectivity index (χ1n) is 18.7. The van der Waals surface area contributed by atoms with Crippen LogP contribution in [0.5, 0.6) is 0 Å². The largest absolute Gasteiger partial charge is 0.0622 e. The van der Waals surface area contributed by atoms with Crippen LogP contribution in [-0.2, 0) is 0 Å². The molecule has 0 bridgehead atoms. The quantitative estimate of drug-likeness (QED) is 0.164. The van der Waals surface area contributed by atoms with Crippen LogP contribution in [0.15, 0.2) is 218 Å². The van der Waals surface area contributed by atoms with Gasteiger partial charge in [0.15, 0.2) is 0 Å². The van der Waals surface area contributed by atoms with Crippen LogP contribution >= 0.6 is 0 Å². The third kappa shape index (κ3) is 5.57. The summed E-state index contributed by atoms with van der Waals surface area (Å²) in [6.45, 7) is 0.